The van der Waals surface area contributed by atoms with Crippen molar-refractivity contribution in [3.63, 3.8) is 0 Å². The molecule has 3 heterocycles. The molecule has 0 aliphatic carbocycles. The molecule has 1 aliphatic heterocycles. The number of pyridine rings is 2. The molecule has 1 aromatic carbocycles. The van der Waals surface area contributed by atoms with E-state index in [2.05, 4.69) is 44.5 Å². The minimum absolute atomic E-state index is 0.00872. The predicted octanol–water partition coefficient (Wildman–Crippen LogP) is 2.94. The fraction of sp³-hybridized carbons (Fsp3) is 0.292. The Bertz CT molecular complexity index is 946. The topological polar surface area (TPSA) is 61.4 Å². The molecule has 1 amide bonds. The number of anilines is 1. The van der Waals surface area contributed by atoms with E-state index in [1.54, 1.807) is 23.5 Å². The second kappa shape index (κ2) is 9.50. The third kappa shape index (κ3) is 4.83. The minimum atomic E-state index is -0.00872. The van der Waals surface area contributed by atoms with E-state index in [1.807, 2.05) is 37.4 Å². The summed E-state index contributed by atoms with van der Waals surface area (Å²) < 4.78 is 0. The molecule has 154 valence electrons. The first-order valence-electron chi connectivity index (χ1n) is 10.3. The number of likely N-dealkylation sites (N-methyl/N-ethyl adjacent to an activating group) is 1. The van der Waals surface area contributed by atoms with Crippen LogP contribution in [-0.2, 0) is 6.42 Å². The van der Waals surface area contributed by atoms with Crippen LogP contribution in [0, 0.1) is 0 Å². The monoisotopic (exact) mass is 401 g/mol. The first kappa shape index (κ1) is 20.0. The molecule has 1 aliphatic rings. The van der Waals surface area contributed by atoms with E-state index in [0.717, 1.165) is 31.9 Å². The smallest absolute Gasteiger partial charge is 0.255 e. The number of hydrogen-bond donors (Lipinski definition) is 1. The van der Waals surface area contributed by atoms with Gasteiger partial charge in [0.25, 0.3) is 5.91 Å². The van der Waals surface area contributed by atoms with Crippen LogP contribution < -0.4 is 10.2 Å². The number of aromatic nitrogens is 2. The highest BCUT2D eigenvalue weighted by Gasteiger charge is 2.22. The van der Waals surface area contributed by atoms with Gasteiger partial charge in [-0.25, -0.2) is 4.98 Å². The maximum Gasteiger partial charge on any atom is 0.255 e. The van der Waals surface area contributed by atoms with E-state index in [1.165, 1.54) is 11.1 Å². The van der Waals surface area contributed by atoms with Crippen LogP contribution in [0.3, 0.4) is 0 Å². The molecule has 1 fully saturated rings. The Hall–Kier alpha value is -3.25. The molecular formula is C24H27N5O. The van der Waals surface area contributed by atoms with E-state index in [9.17, 15) is 4.79 Å². The van der Waals surface area contributed by atoms with Crippen LogP contribution in [-0.4, -0.2) is 54.0 Å². The van der Waals surface area contributed by atoms with Crippen molar-refractivity contribution in [3.05, 3.63) is 89.9 Å². The Kier molecular flexibility index (Phi) is 6.35. The van der Waals surface area contributed by atoms with E-state index in [4.69, 9.17) is 0 Å². The number of rotatable bonds is 6. The zero-order chi connectivity index (χ0) is 20.8. The second-order valence-corrected chi connectivity index (χ2v) is 7.60. The fourth-order valence-corrected chi connectivity index (χ4v) is 3.73. The number of nitrogens with zero attached hydrogens (tertiary/aromatic N) is 4. The summed E-state index contributed by atoms with van der Waals surface area (Å²) in [7, 11) is 1.83. The Balaban J connectivity index is 1.36. The van der Waals surface area contributed by atoms with Crippen molar-refractivity contribution >= 4 is 11.7 Å². The van der Waals surface area contributed by atoms with Gasteiger partial charge in [0.1, 0.15) is 5.82 Å². The van der Waals surface area contributed by atoms with E-state index in [0.29, 0.717) is 12.1 Å². The van der Waals surface area contributed by atoms with Gasteiger partial charge in [0.15, 0.2) is 0 Å². The summed E-state index contributed by atoms with van der Waals surface area (Å²) in [6.45, 7) is 3.31. The third-order valence-electron chi connectivity index (χ3n) is 5.53. The van der Waals surface area contributed by atoms with Crippen molar-refractivity contribution < 1.29 is 4.79 Å². The van der Waals surface area contributed by atoms with E-state index in [-0.39, 0.29) is 11.9 Å². The Morgan fingerprint density at radius 1 is 1.13 bits per heavy atom. The predicted molar refractivity (Wildman–Crippen MR) is 119 cm³/mol. The standard InChI is InChI=1S/C24H27N5O/c1-28(15-11-19-9-12-25-13-10-19)24(30)21-7-8-23(27-17-21)29-16-14-26-22(18-29)20-5-3-2-4-6-20/h2-10,12-13,17,22,26H,11,14-16,18H2,1H3. The number of amides is 1. The molecule has 0 spiro atoms. The normalized spacial score (nSPS) is 16.3. The highest BCUT2D eigenvalue weighted by molar-refractivity contribution is 5.93. The van der Waals surface area contributed by atoms with Gasteiger partial charge in [0.2, 0.25) is 0 Å². The van der Waals surface area contributed by atoms with Gasteiger partial charge in [-0.1, -0.05) is 30.3 Å². The first-order valence-corrected chi connectivity index (χ1v) is 10.3. The lowest BCUT2D eigenvalue weighted by atomic mass is 10.0. The van der Waals surface area contributed by atoms with Gasteiger partial charge in [-0.05, 0) is 41.8 Å². The van der Waals surface area contributed by atoms with Crippen LogP contribution in [0.4, 0.5) is 5.82 Å². The highest BCUT2D eigenvalue weighted by atomic mass is 16.2. The van der Waals surface area contributed by atoms with Crippen molar-refractivity contribution in [2.75, 3.05) is 38.1 Å². The lowest BCUT2D eigenvalue weighted by Crippen LogP contribution is -2.46. The summed E-state index contributed by atoms with van der Waals surface area (Å²) in [5, 5.41) is 3.57. The summed E-state index contributed by atoms with van der Waals surface area (Å²) in [5.41, 5.74) is 3.07. The van der Waals surface area contributed by atoms with Crippen LogP contribution >= 0.6 is 0 Å². The molecule has 3 aromatic rings. The molecule has 1 saturated heterocycles. The number of carbonyl (C=O) groups excluding carboxylic acids is 1. The first-order chi connectivity index (χ1) is 14.7. The lowest BCUT2D eigenvalue weighted by Gasteiger charge is -2.34. The quantitative estimate of drug-likeness (QED) is 0.688. The number of hydrogen-bond acceptors (Lipinski definition) is 5. The summed E-state index contributed by atoms with van der Waals surface area (Å²) >= 11 is 0. The fourth-order valence-electron chi connectivity index (χ4n) is 3.73. The molecule has 0 saturated carbocycles. The Morgan fingerprint density at radius 2 is 1.93 bits per heavy atom. The summed E-state index contributed by atoms with van der Waals surface area (Å²) in [6, 6.07) is 18.5. The van der Waals surface area contributed by atoms with Gasteiger partial charge in [-0.2, -0.15) is 0 Å². The minimum Gasteiger partial charge on any atom is -0.353 e. The molecular weight excluding hydrogens is 374 g/mol. The van der Waals surface area contributed by atoms with Crippen molar-refractivity contribution in [3.8, 4) is 0 Å². The summed E-state index contributed by atoms with van der Waals surface area (Å²) in [5.74, 6) is 0.902. The molecule has 1 N–H and O–H groups in total. The maximum atomic E-state index is 12.7. The molecule has 4 rings (SSSR count). The van der Waals surface area contributed by atoms with Crippen LogP contribution in [0.25, 0.3) is 0 Å². The van der Waals surface area contributed by atoms with Gasteiger partial charge in [-0.15, -0.1) is 0 Å². The molecule has 30 heavy (non-hydrogen) atoms. The molecule has 6 nitrogen and oxygen atoms in total. The van der Waals surface area contributed by atoms with Gasteiger partial charge in [0.05, 0.1) is 5.56 Å². The Labute approximate surface area is 177 Å². The summed E-state index contributed by atoms with van der Waals surface area (Å²) in [4.78, 5) is 25.4. The molecule has 0 bridgehead atoms. The third-order valence-corrected chi connectivity index (χ3v) is 5.53. The number of piperazine rings is 1. The van der Waals surface area contributed by atoms with Crippen molar-refractivity contribution in [2.45, 2.75) is 12.5 Å². The van der Waals surface area contributed by atoms with Gasteiger partial charge in [0, 0.05) is 57.9 Å². The Morgan fingerprint density at radius 3 is 2.67 bits per heavy atom. The van der Waals surface area contributed by atoms with Crippen molar-refractivity contribution in [2.24, 2.45) is 0 Å². The molecule has 1 unspecified atom stereocenters. The second-order valence-electron chi connectivity index (χ2n) is 7.60. The largest absolute Gasteiger partial charge is 0.353 e. The van der Waals surface area contributed by atoms with E-state index < -0.39 is 0 Å². The van der Waals surface area contributed by atoms with Crippen LogP contribution in [0.1, 0.15) is 27.5 Å². The van der Waals surface area contributed by atoms with Crippen molar-refractivity contribution in [1.29, 1.82) is 0 Å². The number of carbonyl (C=O) groups is 1. The highest BCUT2D eigenvalue weighted by Crippen LogP contribution is 2.21. The van der Waals surface area contributed by atoms with Gasteiger partial charge in [-0.3, -0.25) is 9.78 Å². The summed E-state index contributed by atoms with van der Waals surface area (Å²) in [6.07, 6.45) is 6.05. The average molecular weight is 402 g/mol. The zero-order valence-electron chi connectivity index (χ0n) is 17.2. The average Bonchev–Trinajstić information content (AvgIpc) is 2.83. The van der Waals surface area contributed by atoms with Gasteiger partial charge >= 0.3 is 0 Å². The van der Waals surface area contributed by atoms with Crippen molar-refractivity contribution in [1.82, 2.24) is 20.2 Å². The molecule has 1 atom stereocenters. The van der Waals surface area contributed by atoms with Crippen LogP contribution in [0.5, 0.6) is 0 Å². The van der Waals surface area contributed by atoms with Crippen LogP contribution in [0.2, 0.25) is 0 Å². The van der Waals surface area contributed by atoms with Gasteiger partial charge < -0.3 is 15.1 Å². The lowest BCUT2D eigenvalue weighted by molar-refractivity contribution is 0.0796. The number of nitrogens with one attached hydrogen (secondary N) is 1. The maximum absolute atomic E-state index is 12.7. The van der Waals surface area contributed by atoms with E-state index >= 15 is 0 Å². The molecule has 6 heteroatoms. The number of benzene rings is 1. The SMILES string of the molecule is CN(CCc1ccncc1)C(=O)c1ccc(N2CCNC(c3ccccc3)C2)nc1. The molecule has 0 radical (unpaired) electrons. The zero-order valence-corrected chi connectivity index (χ0v) is 17.2. The van der Waals surface area contributed by atoms with Crippen LogP contribution in [0.15, 0.2) is 73.2 Å². The molecule has 2 aromatic heterocycles.